The van der Waals surface area contributed by atoms with Crippen LogP contribution in [-0.2, 0) is 0 Å². The molecule has 1 aliphatic heterocycles. The number of nitrogens with zero attached hydrogens (tertiary/aromatic N) is 2. The highest BCUT2D eigenvalue weighted by molar-refractivity contribution is 5.54. The van der Waals surface area contributed by atoms with E-state index in [0.29, 0.717) is 12.1 Å². The lowest BCUT2D eigenvalue weighted by Gasteiger charge is -2.31. The van der Waals surface area contributed by atoms with Gasteiger partial charge in [-0.25, -0.2) is 0 Å². The molecule has 0 aliphatic carbocycles. The molecule has 0 bridgehead atoms. The largest absolute Gasteiger partial charge is 0.370 e. The predicted molar refractivity (Wildman–Crippen MR) is 82.8 cm³/mol. The third-order valence-corrected chi connectivity index (χ3v) is 4.48. The molecule has 0 amide bonds. The second-order valence-electron chi connectivity index (χ2n) is 5.93. The van der Waals surface area contributed by atoms with Crippen molar-refractivity contribution in [1.82, 2.24) is 4.90 Å². The zero-order valence-electron chi connectivity index (χ0n) is 12.7. The first-order valence-electron chi connectivity index (χ1n) is 7.27. The summed E-state index contributed by atoms with van der Waals surface area (Å²) in [6, 6.07) is 7.78. The summed E-state index contributed by atoms with van der Waals surface area (Å²) in [6.07, 6.45) is 1.19. The zero-order valence-corrected chi connectivity index (χ0v) is 12.7. The number of hydrogen-bond donors (Lipinski definition) is 1. The van der Waals surface area contributed by atoms with Gasteiger partial charge < -0.3 is 10.6 Å². The number of likely N-dealkylation sites (N-methyl/N-ethyl adjacent to an activating group) is 1. The van der Waals surface area contributed by atoms with Crippen LogP contribution in [0.4, 0.5) is 5.69 Å². The van der Waals surface area contributed by atoms with Crippen molar-refractivity contribution in [3.63, 3.8) is 0 Å². The van der Waals surface area contributed by atoms with Gasteiger partial charge in [0.05, 0.1) is 0 Å². The Morgan fingerprint density at radius 3 is 2.68 bits per heavy atom. The number of hydrogen-bond acceptors (Lipinski definition) is 3. The van der Waals surface area contributed by atoms with Crippen LogP contribution in [0.1, 0.15) is 24.5 Å². The molecule has 3 nitrogen and oxygen atoms in total. The maximum Gasteiger partial charge on any atom is 0.0396 e. The fourth-order valence-electron chi connectivity index (χ4n) is 3.00. The quantitative estimate of drug-likeness (QED) is 0.885. The molecule has 0 saturated carbocycles. The molecule has 2 atom stereocenters. The van der Waals surface area contributed by atoms with Gasteiger partial charge in [0, 0.05) is 37.4 Å². The molecule has 1 aromatic rings. The molecule has 2 rings (SSSR count). The lowest BCUT2D eigenvalue weighted by atomic mass is 10.1. The Morgan fingerprint density at radius 2 is 2.05 bits per heavy atom. The van der Waals surface area contributed by atoms with Crippen molar-refractivity contribution < 1.29 is 0 Å². The Hall–Kier alpha value is -1.06. The second kappa shape index (κ2) is 5.93. The maximum absolute atomic E-state index is 5.96. The second-order valence-corrected chi connectivity index (χ2v) is 5.93. The van der Waals surface area contributed by atoms with Crippen molar-refractivity contribution in [2.75, 3.05) is 31.6 Å². The van der Waals surface area contributed by atoms with E-state index in [1.165, 1.54) is 23.2 Å². The van der Waals surface area contributed by atoms with Gasteiger partial charge in [-0.15, -0.1) is 0 Å². The minimum absolute atomic E-state index is 0.443. The van der Waals surface area contributed by atoms with Crippen molar-refractivity contribution in [1.29, 1.82) is 0 Å². The molecular formula is C16H27N3. The lowest BCUT2D eigenvalue weighted by molar-refractivity contribution is 0.201. The first-order chi connectivity index (χ1) is 9.02. The van der Waals surface area contributed by atoms with Crippen LogP contribution in [0.3, 0.4) is 0 Å². The van der Waals surface area contributed by atoms with Crippen molar-refractivity contribution >= 4 is 5.69 Å². The highest BCUT2D eigenvalue weighted by Gasteiger charge is 2.26. The van der Waals surface area contributed by atoms with E-state index in [1.54, 1.807) is 0 Å². The molecule has 1 heterocycles. The van der Waals surface area contributed by atoms with Crippen molar-refractivity contribution in [3.05, 3.63) is 29.3 Å². The SMILES string of the molecule is Cc1ccc(N2CCC(C)N(C)C(CN)C2)c(C)c1. The van der Waals surface area contributed by atoms with E-state index in [4.69, 9.17) is 5.73 Å². The third kappa shape index (κ3) is 3.10. The van der Waals surface area contributed by atoms with Crippen LogP contribution in [0.5, 0.6) is 0 Å². The molecule has 0 spiro atoms. The lowest BCUT2D eigenvalue weighted by Crippen LogP contribution is -2.46. The van der Waals surface area contributed by atoms with Crippen molar-refractivity contribution in [3.8, 4) is 0 Å². The summed E-state index contributed by atoms with van der Waals surface area (Å²) in [7, 11) is 2.20. The van der Waals surface area contributed by atoms with Gasteiger partial charge in [-0.2, -0.15) is 0 Å². The van der Waals surface area contributed by atoms with Crippen molar-refractivity contribution in [2.45, 2.75) is 39.3 Å². The van der Waals surface area contributed by atoms with Crippen LogP contribution in [-0.4, -0.2) is 43.7 Å². The van der Waals surface area contributed by atoms with Crippen molar-refractivity contribution in [2.24, 2.45) is 5.73 Å². The topological polar surface area (TPSA) is 32.5 Å². The van der Waals surface area contributed by atoms with E-state index in [1.807, 2.05) is 0 Å². The van der Waals surface area contributed by atoms with Crippen LogP contribution in [0.2, 0.25) is 0 Å². The molecule has 3 heteroatoms. The van der Waals surface area contributed by atoms with Crippen LogP contribution in [0, 0.1) is 13.8 Å². The Balaban J connectivity index is 2.24. The third-order valence-electron chi connectivity index (χ3n) is 4.48. The van der Waals surface area contributed by atoms with E-state index in [9.17, 15) is 0 Å². The number of aryl methyl sites for hydroxylation is 2. The average Bonchev–Trinajstić information content (AvgIpc) is 2.51. The average molecular weight is 261 g/mol. The fourth-order valence-corrected chi connectivity index (χ4v) is 3.00. The summed E-state index contributed by atoms with van der Waals surface area (Å²) in [5, 5.41) is 0. The fraction of sp³-hybridized carbons (Fsp3) is 0.625. The van der Waals surface area contributed by atoms with Gasteiger partial charge in [0.15, 0.2) is 0 Å². The molecule has 1 saturated heterocycles. The molecule has 106 valence electrons. The summed E-state index contributed by atoms with van der Waals surface area (Å²) >= 11 is 0. The molecule has 2 N–H and O–H groups in total. The minimum atomic E-state index is 0.443. The number of nitrogens with two attached hydrogens (primary N) is 1. The first-order valence-corrected chi connectivity index (χ1v) is 7.27. The molecule has 1 aliphatic rings. The monoisotopic (exact) mass is 261 g/mol. The van der Waals surface area contributed by atoms with Gasteiger partial charge >= 0.3 is 0 Å². The molecule has 19 heavy (non-hydrogen) atoms. The molecule has 0 radical (unpaired) electrons. The summed E-state index contributed by atoms with van der Waals surface area (Å²) in [5.74, 6) is 0. The number of benzene rings is 1. The number of rotatable bonds is 2. The molecular weight excluding hydrogens is 234 g/mol. The van der Waals surface area contributed by atoms with Gasteiger partial charge in [0.25, 0.3) is 0 Å². The summed E-state index contributed by atoms with van der Waals surface area (Å²) in [6.45, 7) is 9.53. The maximum atomic E-state index is 5.96. The number of anilines is 1. The van der Waals surface area contributed by atoms with Gasteiger partial charge in [-0.1, -0.05) is 17.7 Å². The highest BCUT2D eigenvalue weighted by atomic mass is 15.3. The first kappa shape index (κ1) is 14.4. The van der Waals surface area contributed by atoms with E-state index in [2.05, 4.69) is 55.8 Å². The highest BCUT2D eigenvalue weighted by Crippen LogP contribution is 2.25. The Bertz CT molecular complexity index is 430. The molecule has 1 aromatic carbocycles. The van der Waals surface area contributed by atoms with E-state index in [-0.39, 0.29) is 0 Å². The molecule has 1 fully saturated rings. The summed E-state index contributed by atoms with van der Waals surface area (Å²) in [4.78, 5) is 4.94. The smallest absolute Gasteiger partial charge is 0.0396 e. The van der Waals surface area contributed by atoms with Crippen LogP contribution >= 0.6 is 0 Å². The zero-order chi connectivity index (χ0) is 14.0. The minimum Gasteiger partial charge on any atom is -0.370 e. The summed E-state index contributed by atoms with van der Waals surface area (Å²) < 4.78 is 0. The van der Waals surface area contributed by atoms with Gasteiger partial charge in [0.1, 0.15) is 0 Å². The normalized spacial score (nSPS) is 25.4. The molecule has 2 unspecified atom stereocenters. The Kier molecular flexibility index (Phi) is 4.48. The van der Waals surface area contributed by atoms with E-state index >= 15 is 0 Å². The van der Waals surface area contributed by atoms with Gasteiger partial charge in [0.2, 0.25) is 0 Å². The van der Waals surface area contributed by atoms with Crippen LogP contribution < -0.4 is 10.6 Å². The van der Waals surface area contributed by atoms with Gasteiger partial charge in [-0.05, 0) is 45.9 Å². The summed E-state index contributed by atoms with van der Waals surface area (Å²) in [5.41, 5.74) is 10.0. The Morgan fingerprint density at radius 1 is 1.32 bits per heavy atom. The predicted octanol–water partition coefficient (Wildman–Crippen LogP) is 2.16. The standard InChI is InChI=1S/C16H27N3/c1-12-5-6-16(13(2)9-12)19-8-7-14(3)18(4)15(10-17)11-19/h5-6,9,14-15H,7-8,10-11,17H2,1-4H3. The van der Waals surface area contributed by atoms with Crippen LogP contribution in [0.15, 0.2) is 18.2 Å². The van der Waals surface area contributed by atoms with E-state index in [0.717, 1.165) is 19.6 Å². The Labute approximate surface area is 117 Å². The van der Waals surface area contributed by atoms with Gasteiger partial charge in [-0.3, -0.25) is 4.90 Å². The molecule has 0 aromatic heterocycles. The van der Waals surface area contributed by atoms with Crippen LogP contribution in [0.25, 0.3) is 0 Å². The van der Waals surface area contributed by atoms with E-state index < -0.39 is 0 Å².